The minimum Gasteiger partial charge on any atom is -0.463 e. The predicted octanol–water partition coefficient (Wildman–Crippen LogP) is 1.83. The molecule has 3 rings (SSSR count). The number of hydrazone groups is 1. The number of pyridine rings is 1. The minimum absolute atomic E-state index is 0.230. The molecule has 0 aliphatic heterocycles. The zero-order valence-corrected chi connectivity index (χ0v) is 10.9. The molecule has 3 aromatic rings. The van der Waals surface area contributed by atoms with Crippen LogP contribution in [0.2, 0.25) is 0 Å². The van der Waals surface area contributed by atoms with Gasteiger partial charge in [0.15, 0.2) is 11.5 Å². The van der Waals surface area contributed by atoms with E-state index in [4.69, 9.17) is 4.42 Å². The van der Waals surface area contributed by atoms with Gasteiger partial charge in [0, 0.05) is 18.5 Å². The summed E-state index contributed by atoms with van der Waals surface area (Å²) in [6, 6.07) is 8.68. The molecule has 7 nitrogen and oxygen atoms in total. The van der Waals surface area contributed by atoms with E-state index in [9.17, 15) is 4.79 Å². The number of aromatic nitrogens is 3. The van der Waals surface area contributed by atoms with E-state index < -0.39 is 5.91 Å². The summed E-state index contributed by atoms with van der Waals surface area (Å²) in [6.45, 7) is 0. The maximum absolute atomic E-state index is 11.9. The maximum Gasteiger partial charge on any atom is 0.291 e. The summed E-state index contributed by atoms with van der Waals surface area (Å²) < 4.78 is 5.21. The first-order chi connectivity index (χ1) is 10.3. The van der Waals surface area contributed by atoms with Crippen molar-refractivity contribution < 1.29 is 9.21 Å². The smallest absolute Gasteiger partial charge is 0.291 e. The lowest BCUT2D eigenvalue weighted by atomic mass is 10.3. The first-order valence-electron chi connectivity index (χ1n) is 6.15. The number of hydrogen-bond donors (Lipinski definition) is 2. The van der Waals surface area contributed by atoms with Gasteiger partial charge in [0.25, 0.3) is 5.91 Å². The quantitative estimate of drug-likeness (QED) is 0.563. The molecule has 2 N–H and O–H groups in total. The average Bonchev–Trinajstić information content (AvgIpc) is 3.19. The molecule has 0 spiro atoms. The lowest BCUT2D eigenvalue weighted by Crippen LogP contribution is -2.17. The van der Waals surface area contributed by atoms with Gasteiger partial charge >= 0.3 is 0 Å². The van der Waals surface area contributed by atoms with Gasteiger partial charge in [0.2, 0.25) is 0 Å². The van der Waals surface area contributed by atoms with Crippen LogP contribution in [0.3, 0.4) is 0 Å². The fourth-order valence-electron chi connectivity index (χ4n) is 1.67. The van der Waals surface area contributed by atoms with Gasteiger partial charge in [-0.25, -0.2) is 5.43 Å². The van der Waals surface area contributed by atoms with Crippen molar-refractivity contribution in [3.63, 3.8) is 0 Å². The molecule has 21 heavy (non-hydrogen) atoms. The Kier molecular flexibility index (Phi) is 3.55. The van der Waals surface area contributed by atoms with Crippen molar-refractivity contribution in [3.8, 4) is 11.5 Å². The normalized spacial score (nSPS) is 10.9. The summed E-state index contributed by atoms with van der Waals surface area (Å²) in [7, 11) is 0. The summed E-state index contributed by atoms with van der Waals surface area (Å²) in [5.74, 6) is 0.205. The Labute approximate surface area is 119 Å². The largest absolute Gasteiger partial charge is 0.463 e. The van der Waals surface area contributed by atoms with Gasteiger partial charge in [-0.1, -0.05) is 0 Å². The molecule has 104 valence electrons. The van der Waals surface area contributed by atoms with Crippen LogP contribution in [-0.4, -0.2) is 27.3 Å². The number of furan rings is 1. The lowest BCUT2D eigenvalue weighted by molar-refractivity contribution is 0.0950. The SMILES string of the molecule is O=C(N/N=C/c1ccncc1)c1cc(-c2ccco2)[nH]n1. The van der Waals surface area contributed by atoms with E-state index in [0.29, 0.717) is 11.5 Å². The molecule has 0 unspecified atom stereocenters. The van der Waals surface area contributed by atoms with Crippen molar-refractivity contribution in [2.75, 3.05) is 0 Å². The summed E-state index contributed by atoms with van der Waals surface area (Å²) >= 11 is 0. The first-order valence-corrected chi connectivity index (χ1v) is 6.15. The minimum atomic E-state index is -0.408. The molecule has 0 saturated carbocycles. The third-order valence-electron chi connectivity index (χ3n) is 2.68. The van der Waals surface area contributed by atoms with E-state index in [1.165, 1.54) is 6.21 Å². The molecule has 0 bridgehead atoms. The Morgan fingerprint density at radius 3 is 2.95 bits per heavy atom. The van der Waals surface area contributed by atoms with Crippen LogP contribution in [0.1, 0.15) is 16.1 Å². The van der Waals surface area contributed by atoms with E-state index in [-0.39, 0.29) is 5.69 Å². The van der Waals surface area contributed by atoms with Gasteiger partial charge in [0.05, 0.1) is 12.5 Å². The average molecular weight is 281 g/mol. The Morgan fingerprint density at radius 1 is 1.33 bits per heavy atom. The van der Waals surface area contributed by atoms with E-state index in [1.54, 1.807) is 49.0 Å². The third-order valence-corrected chi connectivity index (χ3v) is 2.68. The van der Waals surface area contributed by atoms with Gasteiger partial charge in [-0.15, -0.1) is 0 Å². The Morgan fingerprint density at radius 2 is 2.19 bits per heavy atom. The predicted molar refractivity (Wildman–Crippen MR) is 75.6 cm³/mol. The molecule has 0 fully saturated rings. The third kappa shape index (κ3) is 3.03. The van der Waals surface area contributed by atoms with E-state index in [0.717, 1.165) is 5.56 Å². The van der Waals surface area contributed by atoms with Crippen molar-refractivity contribution in [3.05, 3.63) is 60.2 Å². The molecule has 3 aromatic heterocycles. The summed E-state index contributed by atoms with van der Waals surface area (Å²) in [5.41, 5.74) is 4.10. The Balaban J connectivity index is 1.65. The number of H-pyrrole nitrogens is 1. The number of nitrogens with one attached hydrogen (secondary N) is 2. The monoisotopic (exact) mass is 281 g/mol. The molecule has 3 heterocycles. The second-order valence-electron chi connectivity index (χ2n) is 4.12. The maximum atomic E-state index is 11.9. The van der Waals surface area contributed by atoms with Crippen LogP contribution >= 0.6 is 0 Å². The van der Waals surface area contributed by atoms with Gasteiger partial charge < -0.3 is 4.42 Å². The molecule has 0 saturated heterocycles. The first kappa shape index (κ1) is 12.8. The van der Waals surface area contributed by atoms with E-state index in [1.807, 2.05) is 0 Å². The summed E-state index contributed by atoms with van der Waals surface area (Å²) in [6.07, 6.45) is 6.37. The zero-order chi connectivity index (χ0) is 14.5. The molecular weight excluding hydrogens is 270 g/mol. The van der Waals surface area contributed by atoms with Crippen LogP contribution in [0.5, 0.6) is 0 Å². The Hall–Kier alpha value is -3.22. The molecule has 7 heteroatoms. The topological polar surface area (TPSA) is 96.2 Å². The number of rotatable bonds is 4. The number of hydrogen-bond acceptors (Lipinski definition) is 5. The van der Waals surface area contributed by atoms with Crippen molar-refractivity contribution in [2.24, 2.45) is 5.10 Å². The van der Waals surface area contributed by atoms with Crippen molar-refractivity contribution in [2.45, 2.75) is 0 Å². The summed E-state index contributed by atoms with van der Waals surface area (Å²) in [4.78, 5) is 15.8. The molecule has 0 aliphatic rings. The van der Waals surface area contributed by atoms with Crippen LogP contribution in [0.15, 0.2) is 58.5 Å². The van der Waals surface area contributed by atoms with Crippen LogP contribution < -0.4 is 5.43 Å². The fourth-order valence-corrected chi connectivity index (χ4v) is 1.67. The highest BCUT2D eigenvalue weighted by atomic mass is 16.3. The highest BCUT2D eigenvalue weighted by Gasteiger charge is 2.11. The molecule has 0 radical (unpaired) electrons. The van der Waals surface area contributed by atoms with Gasteiger partial charge in [-0.3, -0.25) is 14.9 Å². The number of amides is 1. The number of nitrogens with zero attached hydrogens (tertiary/aromatic N) is 3. The second-order valence-corrected chi connectivity index (χ2v) is 4.12. The molecule has 0 aliphatic carbocycles. The molecule has 0 atom stereocenters. The van der Waals surface area contributed by atoms with Gasteiger partial charge in [0.1, 0.15) is 5.69 Å². The molecular formula is C14H11N5O2. The number of aromatic amines is 1. The molecule has 1 amide bonds. The zero-order valence-electron chi connectivity index (χ0n) is 10.9. The summed E-state index contributed by atoms with van der Waals surface area (Å²) in [5, 5.41) is 10.5. The standard InChI is InChI=1S/C14H11N5O2/c20-14(19-16-9-10-3-5-15-6-4-10)12-8-11(17-18-12)13-2-1-7-21-13/h1-9H,(H,17,18)(H,19,20)/b16-9+. The van der Waals surface area contributed by atoms with Crippen LogP contribution in [-0.2, 0) is 0 Å². The highest BCUT2D eigenvalue weighted by molar-refractivity contribution is 5.93. The van der Waals surface area contributed by atoms with Gasteiger partial charge in [-0.2, -0.15) is 10.2 Å². The van der Waals surface area contributed by atoms with Crippen LogP contribution in [0.4, 0.5) is 0 Å². The van der Waals surface area contributed by atoms with E-state index in [2.05, 4.69) is 25.7 Å². The Bertz CT molecular complexity index is 747. The number of carbonyl (C=O) groups is 1. The van der Waals surface area contributed by atoms with Crippen molar-refractivity contribution in [1.82, 2.24) is 20.6 Å². The highest BCUT2D eigenvalue weighted by Crippen LogP contribution is 2.17. The van der Waals surface area contributed by atoms with Gasteiger partial charge in [-0.05, 0) is 29.8 Å². The fraction of sp³-hybridized carbons (Fsp3) is 0. The van der Waals surface area contributed by atoms with Crippen LogP contribution in [0, 0.1) is 0 Å². The van der Waals surface area contributed by atoms with Crippen LogP contribution in [0.25, 0.3) is 11.5 Å². The number of carbonyl (C=O) groups excluding carboxylic acids is 1. The second kappa shape index (κ2) is 5.83. The molecule has 0 aromatic carbocycles. The van der Waals surface area contributed by atoms with E-state index >= 15 is 0 Å². The van der Waals surface area contributed by atoms with Crippen molar-refractivity contribution >= 4 is 12.1 Å². The van der Waals surface area contributed by atoms with Crippen molar-refractivity contribution in [1.29, 1.82) is 0 Å². The lowest BCUT2D eigenvalue weighted by Gasteiger charge is -1.94.